The summed E-state index contributed by atoms with van der Waals surface area (Å²) in [6.45, 7) is 1.89. The predicted molar refractivity (Wildman–Crippen MR) is 69.8 cm³/mol. The zero-order valence-electron chi connectivity index (χ0n) is 10.9. The SMILES string of the molecule is Cc1cncc(C(=O)NC2CCC(C(=O)O)CC2)c1. The summed E-state index contributed by atoms with van der Waals surface area (Å²) in [7, 11) is 0. The minimum atomic E-state index is -0.729. The van der Waals surface area contributed by atoms with Crippen LogP contribution in [0, 0.1) is 12.8 Å². The number of nitrogens with one attached hydrogen (secondary N) is 1. The van der Waals surface area contributed by atoms with Crippen LogP contribution in [0.1, 0.15) is 41.6 Å². The van der Waals surface area contributed by atoms with Crippen molar-refractivity contribution in [3.63, 3.8) is 0 Å². The van der Waals surface area contributed by atoms with Crippen LogP contribution in [0.4, 0.5) is 0 Å². The molecule has 2 rings (SSSR count). The van der Waals surface area contributed by atoms with Crippen molar-refractivity contribution in [2.75, 3.05) is 0 Å². The van der Waals surface area contributed by atoms with Gasteiger partial charge >= 0.3 is 5.97 Å². The highest BCUT2D eigenvalue weighted by Crippen LogP contribution is 2.24. The zero-order valence-corrected chi connectivity index (χ0v) is 10.9. The Labute approximate surface area is 112 Å². The fourth-order valence-electron chi connectivity index (χ4n) is 2.43. The first kappa shape index (κ1) is 13.5. The number of nitrogens with zero attached hydrogens (tertiary/aromatic N) is 1. The maximum absolute atomic E-state index is 12.0. The maximum Gasteiger partial charge on any atom is 0.306 e. The Morgan fingerprint density at radius 3 is 2.53 bits per heavy atom. The molecule has 0 bridgehead atoms. The third-order valence-electron chi connectivity index (χ3n) is 3.55. The van der Waals surface area contributed by atoms with Crippen LogP contribution in [0.5, 0.6) is 0 Å². The summed E-state index contributed by atoms with van der Waals surface area (Å²) < 4.78 is 0. The van der Waals surface area contributed by atoms with Crippen LogP contribution in [-0.2, 0) is 4.79 Å². The molecule has 0 saturated heterocycles. The fourth-order valence-corrected chi connectivity index (χ4v) is 2.43. The van der Waals surface area contributed by atoms with E-state index in [9.17, 15) is 9.59 Å². The number of rotatable bonds is 3. The second kappa shape index (κ2) is 5.82. The number of carboxylic acid groups (broad SMARTS) is 1. The van der Waals surface area contributed by atoms with E-state index in [-0.39, 0.29) is 17.9 Å². The molecule has 0 aliphatic heterocycles. The molecule has 1 fully saturated rings. The van der Waals surface area contributed by atoms with Gasteiger partial charge in [0.2, 0.25) is 0 Å². The van der Waals surface area contributed by atoms with Gasteiger partial charge in [-0.2, -0.15) is 0 Å². The number of pyridine rings is 1. The molecule has 1 aliphatic carbocycles. The Morgan fingerprint density at radius 2 is 1.95 bits per heavy atom. The number of carboxylic acids is 1. The normalized spacial score (nSPS) is 22.8. The topological polar surface area (TPSA) is 79.3 Å². The molecule has 1 heterocycles. The van der Waals surface area contributed by atoms with Crippen LogP contribution in [0.3, 0.4) is 0 Å². The number of aryl methyl sites for hydroxylation is 1. The van der Waals surface area contributed by atoms with Gasteiger partial charge in [0.25, 0.3) is 5.91 Å². The van der Waals surface area contributed by atoms with E-state index in [0.29, 0.717) is 18.4 Å². The summed E-state index contributed by atoms with van der Waals surface area (Å²) in [6, 6.07) is 1.87. The molecule has 1 amide bonds. The Balaban J connectivity index is 1.89. The maximum atomic E-state index is 12.0. The van der Waals surface area contributed by atoms with Crippen molar-refractivity contribution in [2.45, 2.75) is 38.6 Å². The van der Waals surface area contributed by atoms with Gasteiger partial charge in [0.05, 0.1) is 11.5 Å². The average molecular weight is 262 g/mol. The molecule has 1 aromatic rings. The largest absolute Gasteiger partial charge is 0.481 e. The number of hydrogen-bond donors (Lipinski definition) is 2. The van der Waals surface area contributed by atoms with E-state index in [1.54, 1.807) is 18.5 Å². The quantitative estimate of drug-likeness (QED) is 0.870. The summed E-state index contributed by atoms with van der Waals surface area (Å²) >= 11 is 0. The Kier molecular flexibility index (Phi) is 4.14. The highest BCUT2D eigenvalue weighted by Gasteiger charge is 2.26. The highest BCUT2D eigenvalue weighted by atomic mass is 16.4. The van der Waals surface area contributed by atoms with E-state index in [0.717, 1.165) is 18.4 Å². The minimum absolute atomic E-state index is 0.0728. The summed E-state index contributed by atoms with van der Waals surface area (Å²) in [5, 5.41) is 11.9. The van der Waals surface area contributed by atoms with Crippen molar-refractivity contribution in [3.8, 4) is 0 Å². The monoisotopic (exact) mass is 262 g/mol. The highest BCUT2D eigenvalue weighted by molar-refractivity contribution is 5.94. The molecule has 1 saturated carbocycles. The zero-order chi connectivity index (χ0) is 13.8. The number of aromatic nitrogens is 1. The van der Waals surface area contributed by atoms with Gasteiger partial charge in [-0.3, -0.25) is 14.6 Å². The Hall–Kier alpha value is -1.91. The van der Waals surface area contributed by atoms with E-state index < -0.39 is 5.97 Å². The van der Waals surface area contributed by atoms with Crippen molar-refractivity contribution in [1.82, 2.24) is 10.3 Å². The van der Waals surface area contributed by atoms with Gasteiger partial charge in [-0.05, 0) is 44.2 Å². The third kappa shape index (κ3) is 3.53. The number of hydrogen-bond acceptors (Lipinski definition) is 3. The molecule has 1 aliphatic rings. The van der Waals surface area contributed by atoms with Gasteiger partial charge < -0.3 is 10.4 Å². The van der Waals surface area contributed by atoms with Gasteiger partial charge in [0, 0.05) is 18.4 Å². The van der Waals surface area contributed by atoms with Crippen molar-refractivity contribution in [3.05, 3.63) is 29.6 Å². The first-order valence-electron chi connectivity index (χ1n) is 6.51. The van der Waals surface area contributed by atoms with Crippen molar-refractivity contribution >= 4 is 11.9 Å². The van der Waals surface area contributed by atoms with Crippen LogP contribution < -0.4 is 5.32 Å². The number of aliphatic carboxylic acids is 1. The molecule has 2 N–H and O–H groups in total. The molecule has 5 heteroatoms. The van der Waals surface area contributed by atoms with E-state index in [4.69, 9.17) is 5.11 Å². The second-order valence-corrected chi connectivity index (χ2v) is 5.11. The lowest BCUT2D eigenvalue weighted by molar-refractivity contribution is -0.142. The summed E-state index contributed by atoms with van der Waals surface area (Å²) in [5.41, 5.74) is 1.50. The number of carbonyl (C=O) groups is 2. The molecule has 5 nitrogen and oxygen atoms in total. The molecule has 0 radical (unpaired) electrons. The third-order valence-corrected chi connectivity index (χ3v) is 3.55. The van der Waals surface area contributed by atoms with E-state index in [2.05, 4.69) is 10.3 Å². The molecule has 0 unspecified atom stereocenters. The van der Waals surface area contributed by atoms with Crippen molar-refractivity contribution in [1.29, 1.82) is 0 Å². The smallest absolute Gasteiger partial charge is 0.306 e. The van der Waals surface area contributed by atoms with Crippen LogP contribution in [0.25, 0.3) is 0 Å². The number of amides is 1. The Bertz CT molecular complexity index is 479. The van der Waals surface area contributed by atoms with Gasteiger partial charge in [0.1, 0.15) is 0 Å². The molecule has 19 heavy (non-hydrogen) atoms. The first-order chi connectivity index (χ1) is 9.06. The molecular weight excluding hydrogens is 244 g/mol. The van der Waals surface area contributed by atoms with Gasteiger partial charge in [-0.25, -0.2) is 0 Å². The summed E-state index contributed by atoms with van der Waals surface area (Å²) in [4.78, 5) is 26.9. The Morgan fingerprint density at radius 1 is 1.26 bits per heavy atom. The minimum Gasteiger partial charge on any atom is -0.481 e. The molecule has 0 atom stereocenters. The van der Waals surface area contributed by atoms with Crippen LogP contribution >= 0.6 is 0 Å². The molecule has 0 spiro atoms. The van der Waals surface area contributed by atoms with Crippen LogP contribution in [0.15, 0.2) is 18.5 Å². The van der Waals surface area contributed by atoms with Crippen LogP contribution in [-0.4, -0.2) is 28.0 Å². The van der Waals surface area contributed by atoms with Crippen molar-refractivity contribution in [2.24, 2.45) is 5.92 Å². The van der Waals surface area contributed by atoms with Crippen molar-refractivity contribution < 1.29 is 14.7 Å². The van der Waals surface area contributed by atoms with Gasteiger partial charge in [0.15, 0.2) is 0 Å². The van der Waals surface area contributed by atoms with Gasteiger partial charge in [-0.1, -0.05) is 0 Å². The molecule has 102 valence electrons. The van der Waals surface area contributed by atoms with E-state index in [1.807, 2.05) is 6.92 Å². The van der Waals surface area contributed by atoms with Gasteiger partial charge in [-0.15, -0.1) is 0 Å². The van der Waals surface area contributed by atoms with E-state index >= 15 is 0 Å². The molecule has 1 aromatic heterocycles. The first-order valence-corrected chi connectivity index (χ1v) is 6.51. The lowest BCUT2D eigenvalue weighted by Crippen LogP contribution is -2.38. The molecule has 0 aromatic carbocycles. The lowest BCUT2D eigenvalue weighted by atomic mass is 9.86. The fraction of sp³-hybridized carbons (Fsp3) is 0.500. The number of carbonyl (C=O) groups excluding carboxylic acids is 1. The summed E-state index contributed by atoms with van der Waals surface area (Å²) in [5.74, 6) is -1.11. The van der Waals surface area contributed by atoms with E-state index in [1.165, 1.54) is 0 Å². The lowest BCUT2D eigenvalue weighted by Gasteiger charge is -2.26. The average Bonchev–Trinajstić information content (AvgIpc) is 2.39. The second-order valence-electron chi connectivity index (χ2n) is 5.11. The standard InChI is InChI=1S/C14H18N2O3/c1-9-6-11(8-15-7-9)13(17)16-12-4-2-10(3-5-12)14(18)19/h6-8,10,12H,2-5H2,1H3,(H,16,17)(H,18,19). The molecular formula is C14H18N2O3. The van der Waals surface area contributed by atoms with Crippen LogP contribution in [0.2, 0.25) is 0 Å². The summed E-state index contributed by atoms with van der Waals surface area (Å²) in [6.07, 6.45) is 5.96. The predicted octanol–water partition coefficient (Wildman–Crippen LogP) is 1.76.